The maximum absolute atomic E-state index is 13.7. The SMILES string of the molecule is Cc1ccc(-c2nnc(-c3cccc(NC(=O)c4ccccc4F)c3)o2)o1. The molecule has 7 heteroatoms. The van der Waals surface area contributed by atoms with Gasteiger partial charge in [0.05, 0.1) is 5.56 Å². The minimum absolute atomic E-state index is 0.0313. The second-order valence-corrected chi connectivity index (χ2v) is 5.84. The van der Waals surface area contributed by atoms with Crippen LogP contribution in [0.2, 0.25) is 0 Å². The van der Waals surface area contributed by atoms with Gasteiger partial charge in [0, 0.05) is 11.3 Å². The average Bonchev–Trinajstić information content (AvgIpc) is 3.31. The molecule has 0 aliphatic rings. The number of hydrogen-bond acceptors (Lipinski definition) is 5. The minimum atomic E-state index is -0.582. The molecule has 0 aliphatic heterocycles. The van der Waals surface area contributed by atoms with E-state index in [-0.39, 0.29) is 17.3 Å². The van der Waals surface area contributed by atoms with Crippen LogP contribution in [0.5, 0.6) is 0 Å². The van der Waals surface area contributed by atoms with Crippen LogP contribution >= 0.6 is 0 Å². The highest BCUT2D eigenvalue weighted by atomic mass is 19.1. The third kappa shape index (κ3) is 3.48. The second-order valence-electron chi connectivity index (χ2n) is 5.84. The van der Waals surface area contributed by atoms with E-state index in [0.29, 0.717) is 17.0 Å². The lowest BCUT2D eigenvalue weighted by Crippen LogP contribution is -2.13. The monoisotopic (exact) mass is 363 g/mol. The van der Waals surface area contributed by atoms with Gasteiger partial charge in [0.15, 0.2) is 5.76 Å². The molecule has 0 spiro atoms. The number of amides is 1. The minimum Gasteiger partial charge on any atom is -0.456 e. The van der Waals surface area contributed by atoms with Crippen molar-refractivity contribution in [2.24, 2.45) is 0 Å². The van der Waals surface area contributed by atoms with E-state index in [0.717, 1.165) is 5.76 Å². The first-order valence-electron chi connectivity index (χ1n) is 8.17. The van der Waals surface area contributed by atoms with Gasteiger partial charge in [-0.3, -0.25) is 4.79 Å². The van der Waals surface area contributed by atoms with Gasteiger partial charge in [0.25, 0.3) is 11.8 Å². The first-order chi connectivity index (χ1) is 13.1. The molecule has 0 atom stereocenters. The predicted octanol–water partition coefficient (Wildman–Crippen LogP) is 4.70. The van der Waals surface area contributed by atoms with Crippen LogP contribution in [0.25, 0.3) is 23.1 Å². The number of aromatic nitrogens is 2. The number of halogens is 1. The van der Waals surface area contributed by atoms with Crippen molar-refractivity contribution < 1.29 is 18.0 Å². The molecule has 0 radical (unpaired) electrons. The van der Waals surface area contributed by atoms with Crippen molar-refractivity contribution in [3.8, 4) is 23.1 Å². The number of carbonyl (C=O) groups is 1. The van der Waals surface area contributed by atoms with Gasteiger partial charge in [-0.2, -0.15) is 0 Å². The average molecular weight is 363 g/mol. The van der Waals surface area contributed by atoms with E-state index in [2.05, 4.69) is 15.5 Å². The van der Waals surface area contributed by atoms with Crippen LogP contribution in [0.3, 0.4) is 0 Å². The normalized spacial score (nSPS) is 10.7. The molecule has 0 fully saturated rings. The van der Waals surface area contributed by atoms with Crippen molar-refractivity contribution in [3.63, 3.8) is 0 Å². The number of nitrogens with one attached hydrogen (secondary N) is 1. The second kappa shape index (κ2) is 6.87. The van der Waals surface area contributed by atoms with Gasteiger partial charge >= 0.3 is 0 Å². The first-order valence-corrected chi connectivity index (χ1v) is 8.17. The molecule has 1 amide bonds. The Balaban J connectivity index is 1.57. The fourth-order valence-electron chi connectivity index (χ4n) is 2.56. The number of benzene rings is 2. The summed E-state index contributed by atoms with van der Waals surface area (Å²) in [5.41, 5.74) is 1.06. The topological polar surface area (TPSA) is 81.2 Å². The van der Waals surface area contributed by atoms with Crippen molar-refractivity contribution in [1.29, 1.82) is 0 Å². The molecule has 0 saturated heterocycles. The molecule has 2 heterocycles. The van der Waals surface area contributed by atoms with E-state index in [1.165, 1.54) is 18.2 Å². The summed E-state index contributed by atoms with van der Waals surface area (Å²) in [6.07, 6.45) is 0. The Bertz CT molecular complexity index is 1120. The lowest BCUT2D eigenvalue weighted by molar-refractivity contribution is 0.102. The fourth-order valence-corrected chi connectivity index (χ4v) is 2.56. The van der Waals surface area contributed by atoms with Gasteiger partial charge in [-0.1, -0.05) is 18.2 Å². The number of anilines is 1. The Hall–Kier alpha value is -3.74. The first kappa shape index (κ1) is 16.7. The van der Waals surface area contributed by atoms with E-state index < -0.39 is 11.7 Å². The van der Waals surface area contributed by atoms with E-state index in [1.807, 2.05) is 6.92 Å². The molecule has 0 bridgehead atoms. The quantitative estimate of drug-likeness (QED) is 0.568. The molecule has 0 unspecified atom stereocenters. The summed E-state index contributed by atoms with van der Waals surface area (Å²) < 4.78 is 24.9. The summed E-state index contributed by atoms with van der Waals surface area (Å²) >= 11 is 0. The smallest absolute Gasteiger partial charge is 0.283 e. The number of carbonyl (C=O) groups excluding carboxylic acids is 1. The summed E-state index contributed by atoms with van der Waals surface area (Å²) in [5.74, 6) is 0.641. The molecule has 27 heavy (non-hydrogen) atoms. The van der Waals surface area contributed by atoms with Crippen molar-refractivity contribution in [2.45, 2.75) is 6.92 Å². The number of nitrogens with zero attached hydrogens (tertiary/aromatic N) is 2. The number of furan rings is 1. The van der Waals surface area contributed by atoms with Gasteiger partial charge in [0.1, 0.15) is 11.6 Å². The highest BCUT2D eigenvalue weighted by molar-refractivity contribution is 6.04. The van der Waals surface area contributed by atoms with Crippen molar-refractivity contribution >= 4 is 11.6 Å². The summed E-state index contributed by atoms with van der Waals surface area (Å²) in [6.45, 7) is 1.82. The van der Waals surface area contributed by atoms with Crippen molar-refractivity contribution in [2.75, 3.05) is 5.32 Å². The lowest BCUT2D eigenvalue weighted by atomic mass is 10.1. The zero-order valence-corrected chi connectivity index (χ0v) is 14.3. The summed E-state index contributed by atoms with van der Waals surface area (Å²) in [7, 11) is 0. The fraction of sp³-hybridized carbons (Fsp3) is 0.0500. The maximum Gasteiger partial charge on any atom is 0.283 e. The summed E-state index contributed by atoms with van der Waals surface area (Å²) in [5, 5.41) is 10.7. The Morgan fingerprint density at radius 1 is 0.963 bits per heavy atom. The van der Waals surface area contributed by atoms with Crippen LogP contribution in [0.1, 0.15) is 16.1 Å². The van der Waals surface area contributed by atoms with Gasteiger partial charge in [-0.05, 0) is 49.4 Å². The lowest BCUT2D eigenvalue weighted by Gasteiger charge is -2.06. The molecule has 4 rings (SSSR count). The van der Waals surface area contributed by atoms with Crippen molar-refractivity contribution in [1.82, 2.24) is 10.2 Å². The number of rotatable bonds is 4. The Morgan fingerprint density at radius 2 is 1.78 bits per heavy atom. The number of aryl methyl sites for hydroxylation is 1. The third-order valence-electron chi connectivity index (χ3n) is 3.86. The predicted molar refractivity (Wildman–Crippen MR) is 96.5 cm³/mol. The summed E-state index contributed by atoms with van der Waals surface area (Å²) in [6, 6.07) is 16.2. The molecule has 2 aromatic carbocycles. The molecule has 6 nitrogen and oxygen atoms in total. The molecule has 2 aromatic heterocycles. The Morgan fingerprint density at radius 3 is 2.56 bits per heavy atom. The standard InChI is InChI=1S/C20H14FN3O3/c1-12-9-10-17(26-12)20-24-23-19(27-20)13-5-4-6-14(11-13)22-18(25)15-7-2-3-8-16(15)21/h2-11H,1H3,(H,22,25). The third-order valence-corrected chi connectivity index (χ3v) is 3.86. The maximum atomic E-state index is 13.7. The van der Waals surface area contributed by atoms with Crippen LogP contribution < -0.4 is 5.32 Å². The summed E-state index contributed by atoms with van der Waals surface area (Å²) in [4.78, 5) is 12.3. The molecular formula is C20H14FN3O3. The molecule has 134 valence electrons. The van der Waals surface area contributed by atoms with E-state index >= 15 is 0 Å². The van der Waals surface area contributed by atoms with Crippen LogP contribution in [-0.2, 0) is 0 Å². The van der Waals surface area contributed by atoms with Crippen LogP contribution in [0.4, 0.5) is 10.1 Å². The zero-order valence-electron chi connectivity index (χ0n) is 14.3. The van der Waals surface area contributed by atoms with Gasteiger partial charge in [0.2, 0.25) is 5.89 Å². The van der Waals surface area contributed by atoms with Crippen LogP contribution in [-0.4, -0.2) is 16.1 Å². The van der Waals surface area contributed by atoms with Gasteiger partial charge in [-0.25, -0.2) is 4.39 Å². The van der Waals surface area contributed by atoms with Gasteiger partial charge in [-0.15, -0.1) is 10.2 Å². The molecular weight excluding hydrogens is 349 g/mol. The molecule has 1 N–H and O–H groups in total. The molecule has 0 saturated carbocycles. The Kier molecular flexibility index (Phi) is 4.25. The van der Waals surface area contributed by atoms with Crippen molar-refractivity contribution in [3.05, 3.63) is 77.8 Å². The van der Waals surface area contributed by atoms with E-state index in [9.17, 15) is 9.18 Å². The largest absolute Gasteiger partial charge is 0.456 e. The Labute approximate surface area is 153 Å². The number of hydrogen-bond donors (Lipinski definition) is 1. The highest BCUT2D eigenvalue weighted by Gasteiger charge is 2.15. The van der Waals surface area contributed by atoms with Gasteiger partial charge < -0.3 is 14.2 Å². The van der Waals surface area contributed by atoms with Crippen LogP contribution in [0, 0.1) is 12.7 Å². The van der Waals surface area contributed by atoms with Crippen LogP contribution in [0.15, 0.2) is 69.5 Å². The molecule has 0 aliphatic carbocycles. The van der Waals surface area contributed by atoms with E-state index in [1.54, 1.807) is 42.5 Å². The van der Waals surface area contributed by atoms with E-state index in [4.69, 9.17) is 8.83 Å². The molecule has 4 aromatic rings. The zero-order chi connectivity index (χ0) is 18.8. The highest BCUT2D eigenvalue weighted by Crippen LogP contribution is 2.27.